The van der Waals surface area contributed by atoms with E-state index in [-0.39, 0.29) is 44.9 Å². The molecule has 3 aliphatic carbocycles. The Balaban J connectivity index is 1.01. The van der Waals surface area contributed by atoms with Crippen LogP contribution in [0.5, 0.6) is 0 Å². The highest BCUT2D eigenvalue weighted by Crippen LogP contribution is 2.66. The van der Waals surface area contributed by atoms with Gasteiger partial charge in [0.1, 0.15) is 5.58 Å². The Morgan fingerprint density at radius 1 is 0.462 bits per heavy atom. The number of hydrogen-bond acceptors (Lipinski definition) is 5. The summed E-state index contributed by atoms with van der Waals surface area (Å²) in [6.45, 7) is 34.8. The molecule has 0 saturated heterocycles. The Labute approximate surface area is 554 Å². The molecule has 0 spiro atoms. The quantitative estimate of drug-likeness (QED) is 0.160. The summed E-state index contributed by atoms with van der Waals surface area (Å²) in [5.74, 6) is 0. The van der Waals surface area contributed by atoms with Crippen LogP contribution in [0.3, 0.4) is 0 Å². The number of benzene rings is 10. The molecule has 12 aromatic rings. The number of anilines is 7. The van der Waals surface area contributed by atoms with Crippen molar-refractivity contribution in [3.63, 3.8) is 0 Å². The Morgan fingerprint density at radius 3 is 1.91 bits per heavy atom. The maximum Gasteiger partial charge on any atom is 0.329 e. The van der Waals surface area contributed by atoms with Crippen molar-refractivity contribution < 1.29 is 4.42 Å². The molecule has 2 atom stereocenters. The van der Waals surface area contributed by atoms with Crippen LogP contribution in [0.15, 0.2) is 186 Å². The Bertz CT molecular complexity index is 5240. The second-order valence-electron chi connectivity index (χ2n) is 33.0. The molecule has 2 unspecified atom stereocenters. The maximum absolute atomic E-state index is 7.19. The molecule has 5 heterocycles. The number of fused-ring (bicyclic) bond motifs is 18. The van der Waals surface area contributed by atoms with Gasteiger partial charge >= 0.3 is 6.85 Å². The van der Waals surface area contributed by atoms with E-state index in [0.29, 0.717) is 0 Å². The third kappa shape index (κ3) is 7.79. The average Bonchev–Trinajstić information content (AvgIpc) is 1.54. The topological polar surface area (TPSA) is 22.9 Å². The van der Waals surface area contributed by atoms with E-state index in [2.05, 4.69) is 294 Å². The number of hydrogen-bond donors (Lipinski definition) is 0. The van der Waals surface area contributed by atoms with E-state index in [1.165, 1.54) is 152 Å². The molecule has 10 aromatic carbocycles. The molecule has 0 radical (unpaired) electrons. The SMILES string of the molecule is CC(C)(C)c1ccc(N2c3cc(N(c4ccc5c(c4)sc4ccccc45)c4cccc5c4oc4ccccc45)cc4c3B(c3c2ccc2c3C(C)(C)c3cc5c(cc3-2)C(C)(C)CCC5(C)C)N2c3c-4cc(C(C)(C)C)cc3C3(C)CCCCC23C)c(-c2ccccc2)c1. The van der Waals surface area contributed by atoms with E-state index in [0.717, 1.165) is 51.8 Å². The van der Waals surface area contributed by atoms with Gasteiger partial charge < -0.3 is 19.0 Å². The van der Waals surface area contributed by atoms with Crippen molar-refractivity contribution in [3.05, 3.63) is 221 Å². The van der Waals surface area contributed by atoms with Crippen LogP contribution in [-0.2, 0) is 32.5 Å². The monoisotopic (exact) mass is 1230 g/mol. The number of furan rings is 1. The molecule has 0 amide bonds. The number of rotatable bonds is 5. The highest BCUT2D eigenvalue weighted by molar-refractivity contribution is 7.25. The van der Waals surface area contributed by atoms with Crippen molar-refractivity contribution in [1.29, 1.82) is 0 Å². The second kappa shape index (κ2) is 19.0. The minimum atomic E-state index is -0.340. The first-order chi connectivity index (χ1) is 44.4. The smallest absolute Gasteiger partial charge is 0.329 e. The highest BCUT2D eigenvalue weighted by Gasteiger charge is 2.64. The number of thiophene rings is 1. The molecular weight excluding hydrogens is 1150 g/mol. The van der Waals surface area contributed by atoms with Gasteiger partial charge in [-0.25, -0.2) is 0 Å². The van der Waals surface area contributed by atoms with E-state index >= 15 is 0 Å². The van der Waals surface area contributed by atoms with Crippen LogP contribution in [0, 0.1) is 0 Å². The van der Waals surface area contributed by atoms with Crippen molar-refractivity contribution in [2.75, 3.05) is 14.6 Å². The van der Waals surface area contributed by atoms with Crippen molar-refractivity contribution in [2.24, 2.45) is 0 Å². The van der Waals surface area contributed by atoms with Crippen LogP contribution in [0.25, 0.3) is 75.5 Å². The maximum atomic E-state index is 7.19. The first-order valence-electron chi connectivity index (χ1n) is 34.5. The van der Waals surface area contributed by atoms with Crippen LogP contribution < -0.4 is 25.5 Å². The lowest BCUT2D eigenvalue weighted by molar-refractivity contribution is 0.199. The summed E-state index contributed by atoms with van der Waals surface area (Å²) in [7, 11) is 0. The van der Waals surface area contributed by atoms with Gasteiger partial charge in [-0.1, -0.05) is 212 Å². The van der Waals surface area contributed by atoms with Crippen molar-refractivity contribution in [1.82, 2.24) is 0 Å². The largest absolute Gasteiger partial charge is 0.454 e. The number of nitrogens with zero attached hydrogens (tertiary/aromatic N) is 3. The summed E-state index contributed by atoms with van der Waals surface area (Å²) in [6, 6.07) is 71.3. The van der Waals surface area contributed by atoms with Gasteiger partial charge in [-0.3, -0.25) is 0 Å². The Kier molecular flexibility index (Phi) is 11.7. The predicted octanol–water partition coefficient (Wildman–Crippen LogP) is 23.3. The van der Waals surface area contributed by atoms with E-state index in [9.17, 15) is 0 Å². The van der Waals surface area contributed by atoms with Gasteiger partial charge in [0.05, 0.1) is 11.4 Å². The molecular formula is C87H84BN3OS. The molecule has 4 nitrogen and oxygen atoms in total. The lowest BCUT2D eigenvalue weighted by Gasteiger charge is -2.55. The molecule has 6 heteroatoms. The van der Waals surface area contributed by atoms with E-state index in [1.54, 1.807) is 0 Å². The minimum absolute atomic E-state index is 0.0643. The van der Waals surface area contributed by atoms with E-state index < -0.39 is 0 Å². The summed E-state index contributed by atoms with van der Waals surface area (Å²) in [6.07, 6.45) is 7.06. The average molecular weight is 1230 g/mol. The minimum Gasteiger partial charge on any atom is -0.454 e. The van der Waals surface area contributed by atoms with Crippen molar-refractivity contribution in [3.8, 4) is 33.4 Å². The molecule has 1 saturated carbocycles. The van der Waals surface area contributed by atoms with Crippen LogP contribution in [0.4, 0.5) is 39.8 Å². The third-order valence-corrected chi connectivity index (χ3v) is 25.5. The first kappa shape index (κ1) is 57.4. The van der Waals surface area contributed by atoms with Gasteiger partial charge in [0.15, 0.2) is 5.58 Å². The van der Waals surface area contributed by atoms with Gasteiger partial charge in [0.25, 0.3) is 0 Å². The highest BCUT2D eigenvalue weighted by atomic mass is 32.1. The number of para-hydroxylation sites is 2. The molecule has 1 fully saturated rings. The fourth-order valence-electron chi connectivity index (χ4n) is 18.9. The third-order valence-electron chi connectivity index (χ3n) is 24.3. The lowest BCUT2D eigenvalue weighted by atomic mass is 9.40. The van der Waals surface area contributed by atoms with Crippen molar-refractivity contribution in [2.45, 2.75) is 173 Å². The fourth-order valence-corrected chi connectivity index (χ4v) is 20.0. The molecule has 18 rings (SSSR count). The van der Waals surface area contributed by atoms with Crippen LogP contribution in [-0.4, -0.2) is 12.4 Å². The Hall–Kier alpha value is -8.32. The molecule has 3 aliphatic heterocycles. The predicted molar refractivity (Wildman–Crippen MR) is 399 cm³/mol. The zero-order valence-electron chi connectivity index (χ0n) is 56.8. The molecule has 2 aromatic heterocycles. The fraction of sp³-hybridized carbons (Fsp3) is 0.310. The van der Waals surface area contributed by atoms with Crippen LogP contribution >= 0.6 is 11.3 Å². The summed E-state index contributed by atoms with van der Waals surface area (Å²) >= 11 is 1.88. The molecule has 6 aliphatic rings. The van der Waals surface area contributed by atoms with Crippen LogP contribution in [0.2, 0.25) is 0 Å². The summed E-state index contributed by atoms with van der Waals surface area (Å²) < 4.78 is 9.75. The molecule has 462 valence electrons. The van der Waals surface area contributed by atoms with Gasteiger partial charge in [0, 0.05) is 86.9 Å². The lowest BCUT2D eigenvalue weighted by Crippen LogP contribution is -2.71. The van der Waals surface area contributed by atoms with Gasteiger partial charge in [0.2, 0.25) is 0 Å². The standard InChI is InChI=1S/C87H84BN3OS/c1-81(2,3)52-33-37-69(61(43-52)51-25-16-15-17-26-51)90-70-38-36-59-62-49-66-67(84(9,10)42-41-83(66,7)8)50-65(62)85(11,12)76(59)78(70)88-77-63(64-44-53(82(4,5)6)45-68-79(64)91(88)87(14)40-23-22-39-86(68,87)13)46-55(47-72(77)90)89(54-34-35-58-57-28-19-21-32-74(57)93-75(58)48-54)71-30-24-29-60-56-27-18-20-31-73(56)92-80(60)71/h15-21,24-38,43-50H,22-23,39-42H2,1-14H3. The zero-order valence-corrected chi connectivity index (χ0v) is 57.6. The Morgan fingerprint density at radius 2 is 1.14 bits per heavy atom. The normalized spacial score (nSPS) is 20.2. The van der Waals surface area contributed by atoms with Gasteiger partial charge in [-0.05, 0) is 199 Å². The van der Waals surface area contributed by atoms with E-state index in [1.807, 2.05) is 11.3 Å². The van der Waals surface area contributed by atoms with Gasteiger partial charge in [-0.15, -0.1) is 11.3 Å². The summed E-state index contributed by atoms with van der Waals surface area (Å²) in [5, 5.41) is 4.81. The van der Waals surface area contributed by atoms with Crippen molar-refractivity contribution >= 4 is 111 Å². The molecule has 93 heavy (non-hydrogen) atoms. The summed E-state index contributed by atoms with van der Waals surface area (Å²) in [5.41, 5.74) is 30.4. The van der Waals surface area contributed by atoms with Crippen LogP contribution in [0.1, 0.15) is 174 Å². The van der Waals surface area contributed by atoms with E-state index in [4.69, 9.17) is 4.42 Å². The van der Waals surface area contributed by atoms with Gasteiger partial charge in [-0.2, -0.15) is 0 Å². The second-order valence-corrected chi connectivity index (χ2v) is 34.1. The summed E-state index contributed by atoms with van der Waals surface area (Å²) in [4.78, 5) is 8.42. The zero-order chi connectivity index (χ0) is 64.0. The molecule has 0 N–H and O–H groups in total. The molecule has 0 bridgehead atoms. The first-order valence-corrected chi connectivity index (χ1v) is 35.3.